The summed E-state index contributed by atoms with van der Waals surface area (Å²) >= 11 is 5.95. The fraction of sp³-hybridized carbons (Fsp3) is 0.400. The highest BCUT2D eigenvalue weighted by atomic mass is 35.5. The van der Waals surface area contributed by atoms with E-state index in [0.717, 1.165) is 43.6 Å². The number of ether oxygens (including phenoxy) is 1. The van der Waals surface area contributed by atoms with E-state index in [-0.39, 0.29) is 6.61 Å². The minimum Gasteiger partial charge on any atom is -0.490 e. The number of hydrogen-bond donors (Lipinski definition) is 3. The molecule has 1 aliphatic heterocycles. The minimum absolute atomic E-state index is 0.0189. The fourth-order valence-electron chi connectivity index (χ4n) is 3.73. The molecule has 0 unspecified atom stereocenters. The average Bonchev–Trinajstić information content (AvgIpc) is 2.78. The highest BCUT2D eigenvalue weighted by molar-refractivity contribution is 6.30. The summed E-state index contributed by atoms with van der Waals surface area (Å²) in [6.07, 6.45) is 4.14. The summed E-state index contributed by atoms with van der Waals surface area (Å²) in [6.45, 7) is 4.82. The van der Waals surface area contributed by atoms with Crippen molar-refractivity contribution >= 4 is 23.6 Å². The molecular weight excluding hydrogens is 447 g/mol. The molecule has 6 nitrogen and oxygen atoms in total. The number of carboxylic acids is 1. The second kappa shape index (κ2) is 11.6. The molecule has 3 rings (SSSR count). The van der Waals surface area contributed by atoms with E-state index in [2.05, 4.69) is 10.2 Å². The van der Waals surface area contributed by atoms with Crippen molar-refractivity contribution in [2.24, 2.45) is 0 Å². The Balaban J connectivity index is 1.44. The van der Waals surface area contributed by atoms with Crippen molar-refractivity contribution in [2.75, 3.05) is 26.2 Å². The molecular formula is C25H30ClFN2O4. The summed E-state index contributed by atoms with van der Waals surface area (Å²) in [5, 5.41) is 23.7. The van der Waals surface area contributed by atoms with Crippen molar-refractivity contribution in [3.05, 3.63) is 70.5 Å². The molecule has 3 N–H and O–H groups in total. The van der Waals surface area contributed by atoms with Crippen LogP contribution in [0.25, 0.3) is 6.08 Å². The van der Waals surface area contributed by atoms with Crippen LogP contribution in [0, 0.1) is 5.82 Å². The predicted molar refractivity (Wildman–Crippen MR) is 127 cm³/mol. The van der Waals surface area contributed by atoms with Crippen LogP contribution in [0.2, 0.25) is 5.02 Å². The van der Waals surface area contributed by atoms with E-state index in [1.807, 2.05) is 24.3 Å². The first-order valence-corrected chi connectivity index (χ1v) is 11.3. The van der Waals surface area contributed by atoms with Gasteiger partial charge in [-0.05, 0) is 74.8 Å². The van der Waals surface area contributed by atoms with Gasteiger partial charge in [0.2, 0.25) is 0 Å². The highest BCUT2D eigenvalue weighted by Crippen LogP contribution is 2.23. The number of carbonyl (C=O) groups is 1. The number of halogens is 2. The first-order chi connectivity index (χ1) is 15.7. The molecule has 0 aromatic heterocycles. The molecule has 0 bridgehead atoms. The molecule has 0 saturated carbocycles. The van der Waals surface area contributed by atoms with Gasteiger partial charge in [0.15, 0.2) is 0 Å². The van der Waals surface area contributed by atoms with E-state index in [1.54, 1.807) is 6.92 Å². The number of nitrogens with one attached hydrogen (secondary N) is 1. The summed E-state index contributed by atoms with van der Waals surface area (Å²) in [7, 11) is 0. The summed E-state index contributed by atoms with van der Waals surface area (Å²) in [5.41, 5.74) is 0.390. The molecule has 1 atom stereocenters. The smallest absolute Gasteiger partial charge is 0.328 e. The fourth-order valence-corrected chi connectivity index (χ4v) is 3.86. The van der Waals surface area contributed by atoms with Crippen molar-refractivity contribution in [3.8, 4) is 5.75 Å². The third-order valence-corrected chi connectivity index (χ3v) is 5.85. The van der Waals surface area contributed by atoms with Crippen LogP contribution in [0.4, 0.5) is 4.39 Å². The zero-order valence-corrected chi connectivity index (χ0v) is 19.4. The van der Waals surface area contributed by atoms with Crippen LogP contribution in [-0.2, 0) is 11.3 Å². The van der Waals surface area contributed by atoms with Crippen molar-refractivity contribution in [3.63, 3.8) is 0 Å². The number of likely N-dealkylation sites (tertiary alicyclic amines) is 1. The maximum absolute atomic E-state index is 13.5. The first kappa shape index (κ1) is 25.2. The van der Waals surface area contributed by atoms with Crippen LogP contribution >= 0.6 is 11.6 Å². The van der Waals surface area contributed by atoms with Crippen LogP contribution < -0.4 is 10.1 Å². The maximum atomic E-state index is 13.5. The average molecular weight is 477 g/mol. The number of aliphatic hydroxyl groups is 1. The number of benzene rings is 2. The molecule has 0 amide bonds. The second-order valence-corrected chi connectivity index (χ2v) is 9.13. The predicted octanol–water partition coefficient (Wildman–Crippen LogP) is 3.96. The lowest BCUT2D eigenvalue weighted by Gasteiger charge is -2.34. The third-order valence-electron chi connectivity index (χ3n) is 5.59. The number of aliphatic carboxylic acids is 1. The lowest BCUT2D eigenvalue weighted by Crippen LogP contribution is -2.49. The Labute approximate surface area is 198 Å². The first-order valence-electron chi connectivity index (χ1n) is 11.0. The van der Waals surface area contributed by atoms with Gasteiger partial charge in [-0.2, -0.15) is 0 Å². The van der Waals surface area contributed by atoms with E-state index in [9.17, 15) is 14.3 Å². The molecule has 1 heterocycles. The van der Waals surface area contributed by atoms with E-state index in [1.165, 1.54) is 29.8 Å². The zero-order chi connectivity index (χ0) is 23.8. The summed E-state index contributed by atoms with van der Waals surface area (Å²) in [4.78, 5) is 13.2. The molecule has 0 aliphatic carbocycles. The molecule has 1 saturated heterocycles. The van der Waals surface area contributed by atoms with Gasteiger partial charge in [0, 0.05) is 35.8 Å². The van der Waals surface area contributed by atoms with Gasteiger partial charge in [0.25, 0.3) is 0 Å². The second-order valence-electron chi connectivity index (χ2n) is 8.70. The van der Waals surface area contributed by atoms with Gasteiger partial charge in [-0.3, -0.25) is 4.90 Å². The molecule has 178 valence electrons. The van der Waals surface area contributed by atoms with Crippen LogP contribution in [0.5, 0.6) is 5.75 Å². The summed E-state index contributed by atoms with van der Waals surface area (Å²) < 4.78 is 19.2. The molecule has 1 fully saturated rings. The minimum atomic E-state index is -1.15. The summed E-state index contributed by atoms with van der Waals surface area (Å²) in [5.74, 6) is -1.33. The van der Waals surface area contributed by atoms with E-state index < -0.39 is 17.4 Å². The zero-order valence-electron chi connectivity index (χ0n) is 18.6. The van der Waals surface area contributed by atoms with Gasteiger partial charge in [-0.25, -0.2) is 9.18 Å². The molecule has 8 heteroatoms. The van der Waals surface area contributed by atoms with Crippen molar-refractivity contribution in [1.82, 2.24) is 10.2 Å². The van der Waals surface area contributed by atoms with Crippen molar-refractivity contribution in [1.29, 1.82) is 0 Å². The van der Waals surface area contributed by atoms with Gasteiger partial charge < -0.3 is 20.3 Å². The van der Waals surface area contributed by atoms with Gasteiger partial charge in [-0.1, -0.05) is 23.7 Å². The highest BCUT2D eigenvalue weighted by Gasteiger charge is 2.25. The molecule has 0 spiro atoms. The standard InChI is InChI=1S/C25H30ClFN2O4/c1-25(32,17-33-23-8-7-21(27)14-19(23)4-9-24(30)31)16-28-22-10-12-29(13-11-22)15-18-2-5-20(26)6-3-18/h2-9,14,22,28,32H,10-13,15-17H2,1H3,(H,30,31)/b9-4+/t25-/m0/s1. The lowest BCUT2D eigenvalue weighted by atomic mass is 10.0. The van der Waals surface area contributed by atoms with E-state index >= 15 is 0 Å². The van der Waals surface area contributed by atoms with Gasteiger partial charge >= 0.3 is 5.97 Å². The SMILES string of the molecule is C[C@](O)(CNC1CCN(Cc2ccc(Cl)cc2)CC1)COc1ccc(F)cc1/C=C/C(=O)O. The molecule has 2 aromatic carbocycles. The Morgan fingerprint density at radius 1 is 1.27 bits per heavy atom. The molecule has 33 heavy (non-hydrogen) atoms. The Hall–Kier alpha value is -2.45. The van der Waals surface area contributed by atoms with Crippen molar-refractivity contribution in [2.45, 2.75) is 38.0 Å². The Morgan fingerprint density at radius 3 is 2.64 bits per heavy atom. The van der Waals surface area contributed by atoms with E-state index in [4.69, 9.17) is 21.4 Å². The van der Waals surface area contributed by atoms with Gasteiger partial charge in [0.05, 0.1) is 0 Å². The lowest BCUT2D eigenvalue weighted by molar-refractivity contribution is -0.131. The monoisotopic (exact) mass is 476 g/mol. The van der Waals surface area contributed by atoms with Crippen LogP contribution in [0.15, 0.2) is 48.5 Å². The van der Waals surface area contributed by atoms with Crippen LogP contribution in [0.1, 0.15) is 30.9 Å². The molecule has 0 radical (unpaired) electrons. The Morgan fingerprint density at radius 2 is 1.97 bits per heavy atom. The largest absolute Gasteiger partial charge is 0.490 e. The normalized spacial score (nSPS) is 17.2. The Kier molecular flexibility index (Phi) is 8.86. The number of carboxylic acid groups (broad SMARTS) is 1. The van der Waals surface area contributed by atoms with Crippen LogP contribution in [-0.4, -0.2) is 59.0 Å². The molecule has 1 aliphatic rings. The summed E-state index contributed by atoms with van der Waals surface area (Å²) in [6, 6.07) is 12.1. The topological polar surface area (TPSA) is 82.0 Å². The number of piperidine rings is 1. The third kappa shape index (κ3) is 8.44. The van der Waals surface area contributed by atoms with Gasteiger partial charge in [0.1, 0.15) is 23.8 Å². The van der Waals surface area contributed by atoms with Crippen molar-refractivity contribution < 1.29 is 24.1 Å². The quantitative estimate of drug-likeness (QED) is 0.450. The number of nitrogens with zero attached hydrogens (tertiary/aromatic N) is 1. The molecule has 2 aromatic rings. The number of rotatable bonds is 10. The number of hydrogen-bond acceptors (Lipinski definition) is 5. The Bertz CT molecular complexity index is 957. The van der Waals surface area contributed by atoms with Crippen LogP contribution in [0.3, 0.4) is 0 Å². The van der Waals surface area contributed by atoms with E-state index in [0.29, 0.717) is 23.9 Å². The van der Waals surface area contributed by atoms with Gasteiger partial charge in [-0.15, -0.1) is 0 Å². The maximum Gasteiger partial charge on any atom is 0.328 e.